The third kappa shape index (κ3) is 1.85. The van der Waals surface area contributed by atoms with E-state index in [1.54, 1.807) is 0 Å². The van der Waals surface area contributed by atoms with E-state index in [4.69, 9.17) is 4.42 Å². The number of hydrogen-bond donors (Lipinski definition) is 1. The van der Waals surface area contributed by atoms with Crippen LogP contribution in [0.4, 0.5) is 0 Å². The first-order chi connectivity index (χ1) is 11.3. The number of para-hydroxylation sites is 1. The number of aromatic nitrogens is 1. The number of aromatic amines is 1. The van der Waals surface area contributed by atoms with Crippen molar-refractivity contribution in [1.29, 1.82) is 0 Å². The number of fused-ring (bicyclic) bond motifs is 5. The molecule has 2 aromatic heterocycles. The summed E-state index contributed by atoms with van der Waals surface area (Å²) < 4.78 is 6.22. The molecule has 3 heterocycles. The summed E-state index contributed by atoms with van der Waals surface area (Å²) in [6, 6.07) is 13.8. The Morgan fingerprint density at radius 2 is 1.74 bits per heavy atom. The molecule has 1 saturated heterocycles. The molecule has 114 valence electrons. The normalized spacial score (nSPS) is 15.5. The van der Waals surface area contributed by atoms with Crippen LogP contribution >= 0.6 is 0 Å². The van der Waals surface area contributed by atoms with Gasteiger partial charge in [0, 0.05) is 22.9 Å². The molecule has 1 fully saturated rings. The third-order valence-electron chi connectivity index (χ3n) is 4.79. The molecule has 2 aromatic carbocycles. The number of benzene rings is 2. The Morgan fingerprint density at radius 3 is 2.52 bits per heavy atom. The van der Waals surface area contributed by atoms with E-state index in [0.29, 0.717) is 5.39 Å². The van der Waals surface area contributed by atoms with E-state index in [1.165, 1.54) is 12.0 Å². The molecule has 23 heavy (non-hydrogen) atoms. The zero-order valence-corrected chi connectivity index (χ0v) is 12.6. The number of likely N-dealkylation sites (tertiary alicyclic amines) is 1. The first-order valence-electron chi connectivity index (χ1n) is 7.99. The average molecular weight is 304 g/mol. The van der Waals surface area contributed by atoms with Crippen LogP contribution in [0.1, 0.15) is 12.0 Å². The minimum Gasteiger partial charge on any atom is -0.453 e. The number of furan rings is 1. The zero-order chi connectivity index (χ0) is 15.4. The van der Waals surface area contributed by atoms with Gasteiger partial charge in [0.05, 0.1) is 10.9 Å². The monoisotopic (exact) mass is 304 g/mol. The highest BCUT2D eigenvalue weighted by atomic mass is 16.3. The predicted octanol–water partition coefficient (Wildman–Crippen LogP) is 3.63. The predicted molar refractivity (Wildman–Crippen MR) is 91.7 cm³/mol. The van der Waals surface area contributed by atoms with Gasteiger partial charge in [-0.05, 0) is 31.6 Å². The molecule has 5 rings (SSSR count). The molecule has 0 unspecified atom stereocenters. The molecular formula is C19H16N2O2. The van der Waals surface area contributed by atoms with E-state index in [2.05, 4.69) is 16.0 Å². The molecule has 1 aliphatic rings. The van der Waals surface area contributed by atoms with Crippen molar-refractivity contribution in [3.05, 3.63) is 58.4 Å². The Morgan fingerprint density at radius 1 is 0.957 bits per heavy atom. The number of hydrogen-bond acceptors (Lipinski definition) is 3. The fourth-order valence-electron chi connectivity index (χ4n) is 3.46. The fraction of sp³-hybridized carbons (Fsp3) is 0.211. The van der Waals surface area contributed by atoms with Crippen molar-refractivity contribution in [3.8, 4) is 0 Å². The molecule has 0 amide bonds. The summed E-state index contributed by atoms with van der Waals surface area (Å²) in [4.78, 5) is 17.8. The SMILES string of the molecule is O=c1[nH]c2c3cccc(CN4CCC4)c3oc2c2ccccc12. The smallest absolute Gasteiger partial charge is 0.256 e. The zero-order valence-electron chi connectivity index (χ0n) is 12.6. The van der Waals surface area contributed by atoms with E-state index in [1.807, 2.05) is 36.4 Å². The van der Waals surface area contributed by atoms with Gasteiger partial charge in [-0.3, -0.25) is 9.69 Å². The van der Waals surface area contributed by atoms with Gasteiger partial charge in [0.15, 0.2) is 5.58 Å². The number of rotatable bonds is 2. The lowest BCUT2D eigenvalue weighted by atomic mass is 10.1. The van der Waals surface area contributed by atoms with E-state index in [-0.39, 0.29) is 5.56 Å². The van der Waals surface area contributed by atoms with Crippen LogP contribution in [0.25, 0.3) is 32.8 Å². The van der Waals surface area contributed by atoms with Crippen molar-refractivity contribution in [2.24, 2.45) is 0 Å². The van der Waals surface area contributed by atoms with E-state index >= 15 is 0 Å². The lowest BCUT2D eigenvalue weighted by molar-refractivity contribution is 0.173. The quantitative estimate of drug-likeness (QED) is 0.615. The molecule has 0 spiro atoms. The topological polar surface area (TPSA) is 49.2 Å². The number of H-pyrrole nitrogens is 1. The second kappa shape index (κ2) is 4.70. The molecule has 4 heteroatoms. The number of nitrogens with zero attached hydrogens (tertiary/aromatic N) is 1. The van der Waals surface area contributed by atoms with Gasteiger partial charge in [0.25, 0.3) is 5.56 Å². The first-order valence-corrected chi connectivity index (χ1v) is 7.99. The van der Waals surface area contributed by atoms with Gasteiger partial charge in [-0.15, -0.1) is 0 Å². The van der Waals surface area contributed by atoms with Crippen molar-refractivity contribution in [1.82, 2.24) is 9.88 Å². The highest BCUT2D eigenvalue weighted by molar-refractivity contribution is 6.12. The summed E-state index contributed by atoms with van der Waals surface area (Å²) in [6.45, 7) is 3.20. The lowest BCUT2D eigenvalue weighted by Gasteiger charge is -2.30. The summed E-state index contributed by atoms with van der Waals surface area (Å²) >= 11 is 0. The maximum absolute atomic E-state index is 12.3. The Bertz CT molecular complexity index is 1100. The largest absolute Gasteiger partial charge is 0.453 e. The van der Waals surface area contributed by atoms with Crippen molar-refractivity contribution < 1.29 is 4.42 Å². The van der Waals surface area contributed by atoms with Crippen molar-refractivity contribution in [2.45, 2.75) is 13.0 Å². The Labute approximate surface area is 132 Å². The summed E-state index contributed by atoms with van der Waals surface area (Å²) in [6.07, 6.45) is 1.27. The highest BCUT2D eigenvalue weighted by Gasteiger charge is 2.19. The molecule has 0 radical (unpaired) electrons. The van der Waals surface area contributed by atoms with Gasteiger partial charge in [-0.25, -0.2) is 0 Å². The van der Waals surface area contributed by atoms with E-state index in [9.17, 15) is 4.79 Å². The Kier molecular flexibility index (Phi) is 2.64. The van der Waals surface area contributed by atoms with Crippen LogP contribution in [0.5, 0.6) is 0 Å². The van der Waals surface area contributed by atoms with E-state index in [0.717, 1.165) is 47.1 Å². The van der Waals surface area contributed by atoms with Gasteiger partial charge >= 0.3 is 0 Å². The molecular weight excluding hydrogens is 288 g/mol. The van der Waals surface area contributed by atoms with Crippen LogP contribution in [-0.2, 0) is 6.54 Å². The van der Waals surface area contributed by atoms with Crippen LogP contribution in [-0.4, -0.2) is 23.0 Å². The highest BCUT2D eigenvalue weighted by Crippen LogP contribution is 2.33. The van der Waals surface area contributed by atoms with Crippen molar-refractivity contribution >= 4 is 32.8 Å². The van der Waals surface area contributed by atoms with Gasteiger partial charge in [-0.2, -0.15) is 0 Å². The van der Waals surface area contributed by atoms with Crippen LogP contribution in [0.15, 0.2) is 51.7 Å². The summed E-state index contributed by atoms with van der Waals surface area (Å²) in [5, 5.41) is 2.53. The molecule has 0 saturated carbocycles. The molecule has 4 aromatic rings. The Balaban J connectivity index is 1.85. The molecule has 4 nitrogen and oxygen atoms in total. The van der Waals surface area contributed by atoms with Crippen LogP contribution < -0.4 is 5.56 Å². The summed E-state index contributed by atoms with van der Waals surface area (Å²) in [5.41, 5.74) is 3.58. The summed E-state index contributed by atoms with van der Waals surface area (Å²) in [5.74, 6) is 0. The second-order valence-electron chi connectivity index (χ2n) is 6.23. The van der Waals surface area contributed by atoms with Crippen molar-refractivity contribution in [3.63, 3.8) is 0 Å². The molecule has 1 aliphatic heterocycles. The van der Waals surface area contributed by atoms with E-state index < -0.39 is 0 Å². The second-order valence-corrected chi connectivity index (χ2v) is 6.23. The molecule has 0 bridgehead atoms. The van der Waals surface area contributed by atoms with Gasteiger partial charge in [0.2, 0.25) is 0 Å². The molecule has 0 aliphatic carbocycles. The lowest BCUT2D eigenvalue weighted by Crippen LogP contribution is -2.36. The van der Waals surface area contributed by atoms with Crippen LogP contribution in [0.2, 0.25) is 0 Å². The maximum atomic E-state index is 12.3. The molecule has 1 N–H and O–H groups in total. The number of nitrogens with one attached hydrogen (secondary N) is 1. The Hall–Kier alpha value is -2.59. The first kappa shape index (κ1) is 12.9. The van der Waals surface area contributed by atoms with Crippen LogP contribution in [0.3, 0.4) is 0 Å². The van der Waals surface area contributed by atoms with Gasteiger partial charge < -0.3 is 9.40 Å². The minimum atomic E-state index is -0.0658. The van der Waals surface area contributed by atoms with Crippen LogP contribution in [0, 0.1) is 0 Å². The third-order valence-corrected chi connectivity index (χ3v) is 4.79. The van der Waals surface area contributed by atoms with Crippen molar-refractivity contribution in [2.75, 3.05) is 13.1 Å². The minimum absolute atomic E-state index is 0.0658. The standard InChI is InChI=1S/C19H16N2O2/c22-19-14-7-2-1-6-13(14)18-16(20-19)15-8-3-5-12(17(15)23-18)11-21-9-4-10-21/h1-3,5-8H,4,9-11H2,(H,20,22). The molecule has 0 atom stereocenters. The number of pyridine rings is 1. The van der Waals surface area contributed by atoms with Gasteiger partial charge in [0.1, 0.15) is 5.58 Å². The van der Waals surface area contributed by atoms with Gasteiger partial charge in [-0.1, -0.05) is 30.3 Å². The summed E-state index contributed by atoms with van der Waals surface area (Å²) in [7, 11) is 0. The maximum Gasteiger partial charge on any atom is 0.256 e. The fourth-order valence-corrected chi connectivity index (χ4v) is 3.46. The average Bonchev–Trinajstić information content (AvgIpc) is 2.91.